The van der Waals surface area contributed by atoms with E-state index in [9.17, 15) is 0 Å². The third kappa shape index (κ3) is 2.05. The van der Waals surface area contributed by atoms with Crippen molar-refractivity contribution in [3.8, 4) is 22.3 Å². The second kappa shape index (κ2) is 5.92. The van der Waals surface area contributed by atoms with Gasteiger partial charge in [-0.2, -0.15) is 0 Å². The van der Waals surface area contributed by atoms with Gasteiger partial charge in [0.2, 0.25) is 0 Å². The lowest BCUT2D eigenvalue weighted by Gasteiger charge is -2.10. The van der Waals surface area contributed by atoms with E-state index in [0.717, 1.165) is 0 Å². The molecule has 0 fully saturated rings. The average molecular weight is 328 g/mol. The second-order valence-corrected chi connectivity index (χ2v) is 6.61. The van der Waals surface area contributed by atoms with Crippen molar-refractivity contribution in [1.82, 2.24) is 0 Å². The molecule has 0 spiro atoms. The first-order chi connectivity index (χ1) is 12.9. The standard InChI is InChI=1S/C22H12B2.C2H6/c1-2-6-14-13(5-1)9-12-19-20(14)17-11-10-16-15-7-3-4-8-18(15)23-21(16)22(17)24-19;1-2/h1-12H;1-2H3. The summed E-state index contributed by atoms with van der Waals surface area (Å²) in [6, 6.07) is 26.4. The minimum Gasteiger partial charge on any atom is -0.0788 e. The molecule has 2 radical (unpaired) electrons. The fourth-order valence-corrected chi connectivity index (χ4v) is 4.29. The summed E-state index contributed by atoms with van der Waals surface area (Å²) < 4.78 is 0. The Bertz CT molecular complexity index is 1160. The second-order valence-electron chi connectivity index (χ2n) is 6.61. The van der Waals surface area contributed by atoms with Gasteiger partial charge in [-0.25, -0.2) is 0 Å². The van der Waals surface area contributed by atoms with Crippen LogP contribution in [0.1, 0.15) is 13.8 Å². The topological polar surface area (TPSA) is 0 Å². The number of hydrogen-bond acceptors (Lipinski definition) is 0. The first kappa shape index (κ1) is 15.5. The highest BCUT2D eigenvalue weighted by molar-refractivity contribution is 6.85. The van der Waals surface area contributed by atoms with Crippen molar-refractivity contribution in [3.63, 3.8) is 0 Å². The molecule has 26 heavy (non-hydrogen) atoms. The molecule has 0 nitrogen and oxygen atoms in total. The molecule has 0 bridgehead atoms. The van der Waals surface area contributed by atoms with Crippen LogP contribution in [-0.2, 0) is 0 Å². The summed E-state index contributed by atoms with van der Waals surface area (Å²) in [4.78, 5) is 0. The van der Waals surface area contributed by atoms with Gasteiger partial charge < -0.3 is 0 Å². The largest absolute Gasteiger partial charge is 0.192 e. The van der Waals surface area contributed by atoms with Crippen molar-refractivity contribution in [3.05, 3.63) is 72.8 Å². The van der Waals surface area contributed by atoms with Gasteiger partial charge in [0.1, 0.15) is 0 Å². The monoisotopic (exact) mass is 328 g/mol. The van der Waals surface area contributed by atoms with Crippen LogP contribution in [0.2, 0.25) is 0 Å². The van der Waals surface area contributed by atoms with Gasteiger partial charge in [-0.15, -0.1) is 0 Å². The molecule has 0 N–H and O–H groups in total. The fourth-order valence-electron chi connectivity index (χ4n) is 4.29. The quantitative estimate of drug-likeness (QED) is 0.376. The van der Waals surface area contributed by atoms with Crippen molar-refractivity contribution in [2.24, 2.45) is 0 Å². The van der Waals surface area contributed by atoms with Gasteiger partial charge in [0.25, 0.3) is 0 Å². The molecule has 0 amide bonds. The Kier molecular flexibility index (Phi) is 3.53. The summed E-state index contributed by atoms with van der Waals surface area (Å²) >= 11 is 0. The van der Waals surface area contributed by atoms with Crippen molar-refractivity contribution < 1.29 is 0 Å². The third-order valence-electron chi connectivity index (χ3n) is 5.37. The molecular weight excluding hydrogens is 310 g/mol. The van der Waals surface area contributed by atoms with Gasteiger partial charge in [0.05, 0.1) is 0 Å². The molecule has 0 saturated heterocycles. The fraction of sp³-hybridized carbons (Fsp3) is 0.0833. The molecular formula is C24H18B2. The number of hydrogen-bond donors (Lipinski definition) is 0. The van der Waals surface area contributed by atoms with E-state index in [-0.39, 0.29) is 0 Å². The molecule has 0 unspecified atom stereocenters. The minimum atomic E-state index is 1.31. The van der Waals surface area contributed by atoms with E-state index in [1.807, 2.05) is 13.8 Å². The normalized spacial score (nSPS) is 12.1. The smallest absolute Gasteiger partial charge is 0.0788 e. The van der Waals surface area contributed by atoms with E-state index in [1.54, 1.807) is 0 Å². The summed E-state index contributed by atoms with van der Waals surface area (Å²) in [7, 11) is 4.70. The van der Waals surface area contributed by atoms with Gasteiger partial charge in [-0.3, -0.25) is 0 Å². The zero-order valence-corrected chi connectivity index (χ0v) is 15.1. The summed E-state index contributed by atoms with van der Waals surface area (Å²) in [5, 5.41) is 2.66. The summed E-state index contributed by atoms with van der Waals surface area (Å²) in [6.45, 7) is 4.00. The number of benzene rings is 4. The molecule has 2 aliphatic heterocycles. The van der Waals surface area contributed by atoms with Crippen molar-refractivity contribution in [2.45, 2.75) is 13.8 Å². The van der Waals surface area contributed by atoms with E-state index in [2.05, 4.69) is 87.4 Å². The predicted molar refractivity (Wildman–Crippen MR) is 116 cm³/mol. The van der Waals surface area contributed by atoms with Gasteiger partial charge in [-0.1, -0.05) is 108 Å². The Morgan fingerprint density at radius 2 is 1.23 bits per heavy atom. The molecule has 0 saturated carbocycles. The maximum absolute atomic E-state index is 2.36. The molecule has 6 rings (SSSR count). The van der Waals surface area contributed by atoms with Crippen molar-refractivity contribution in [1.29, 1.82) is 0 Å². The van der Waals surface area contributed by atoms with E-state index >= 15 is 0 Å². The molecule has 0 aliphatic carbocycles. The van der Waals surface area contributed by atoms with Crippen molar-refractivity contribution >= 4 is 47.2 Å². The summed E-state index contributed by atoms with van der Waals surface area (Å²) in [6.07, 6.45) is 0. The lowest BCUT2D eigenvalue weighted by Crippen LogP contribution is -2.39. The molecule has 0 aromatic heterocycles. The van der Waals surface area contributed by atoms with Gasteiger partial charge in [-0.05, 0) is 33.0 Å². The summed E-state index contributed by atoms with van der Waals surface area (Å²) in [5.74, 6) is 0. The van der Waals surface area contributed by atoms with Crippen LogP contribution in [0, 0.1) is 0 Å². The van der Waals surface area contributed by atoms with E-state index in [0.29, 0.717) is 0 Å². The minimum absolute atomic E-state index is 1.31. The maximum Gasteiger partial charge on any atom is 0.192 e. The van der Waals surface area contributed by atoms with Crippen LogP contribution in [-0.4, -0.2) is 14.6 Å². The SMILES string of the molecule is CC.[B]1c2ccccc2-c2ccc3c(c21)[B]c1ccc2ccccc2c1-3. The molecule has 4 aromatic rings. The lowest BCUT2D eigenvalue weighted by molar-refractivity contribution is 1.50. The van der Waals surface area contributed by atoms with Crippen LogP contribution >= 0.6 is 0 Å². The molecule has 0 atom stereocenters. The Morgan fingerprint density at radius 1 is 0.538 bits per heavy atom. The average Bonchev–Trinajstić information content (AvgIpc) is 3.28. The van der Waals surface area contributed by atoms with Crippen molar-refractivity contribution in [2.75, 3.05) is 0 Å². The van der Waals surface area contributed by atoms with Gasteiger partial charge in [0, 0.05) is 0 Å². The number of rotatable bonds is 0. The Balaban J connectivity index is 0.000000727. The number of fused-ring (bicyclic) bond motifs is 9. The van der Waals surface area contributed by atoms with Crippen LogP contribution in [0.25, 0.3) is 33.0 Å². The molecule has 2 aliphatic rings. The van der Waals surface area contributed by atoms with E-state index in [4.69, 9.17) is 0 Å². The highest BCUT2D eigenvalue weighted by Crippen LogP contribution is 2.30. The summed E-state index contributed by atoms with van der Waals surface area (Å²) in [5.41, 5.74) is 10.9. The predicted octanol–water partition coefficient (Wildman–Crippen LogP) is 3.14. The third-order valence-corrected chi connectivity index (χ3v) is 5.37. The van der Waals surface area contributed by atoms with Crippen LogP contribution in [0.5, 0.6) is 0 Å². The zero-order chi connectivity index (χ0) is 17.7. The van der Waals surface area contributed by atoms with Crippen LogP contribution in [0.4, 0.5) is 0 Å². The molecule has 2 heterocycles. The first-order valence-electron chi connectivity index (χ1n) is 9.38. The Morgan fingerprint density at radius 3 is 2.15 bits per heavy atom. The van der Waals surface area contributed by atoms with Crippen LogP contribution in [0.15, 0.2) is 72.8 Å². The molecule has 120 valence electrons. The Labute approximate surface area is 156 Å². The van der Waals surface area contributed by atoms with Crippen LogP contribution in [0.3, 0.4) is 0 Å². The van der Waals surface area contributed by atoms with E-state index in [1.165, 1.54) is 54.9 Å². The lowest BCUT2D eigenvalue weighted by atomic mass is 9.57. The highest BCUT2D eigenvalue weighted by atomic mass is 14.2. The van der Waals surface area contributed by atoms with Gasteiger partial charge >= 0.3 is 0 Å². The molecule has 4 aromatic carbocycles. The first-order valence-corrected chi connectivity index (χ1v) is 9.38. The van der Waals surface area contributed by atoms with E-state index < -0.39 is 0 Å². The highest BCUT2D eigenvalue weighted by Gasteiger charge is 2.29. The maximum atomic E-state index is 2.36. The Hall–Kier alpha value is -2.73. The van der Waals surface area contributed by atoms with Crippen LogP contribution < -0.4 is 21.9 Å². The van der Waals surface area contributed by atoms with Gasteiger partial charge in [0.15, 0.2) is 14.6 Å². The zero-order valence-electron chi connectivity index (χ0n) is 15.1. The molecule has 2 heteroatoms.